The molecule has 7 nitrogen and oxygen atoms in total. The van der Waals surface area contributed by atoms with Crippen molar-refractivity contribution in [3.63, 3.8) is 0 Å². The molecule has 0 atom stereocenters. The van der Waals surface area contributed by atoms with Crippen LogP contribution in [0.3, 0.4) is 0 Å². The highest BCUT2D eigenvalue weighted by Gasteiger charge is 2.55. The first-order chi connectivity index (χ1) is 15.0. The summed E-state index contributed by atoms with van der Waals surface area (Å²) < 4.78 is 68.0. The highest BCUT2D eigenvalue weighted by Crippen LogP contribution is 2.52. The van der Waals surface area contributed by atoms with Crippen molar-refractivity contribution in [2.45, 2.75) is 29.3 Å². The molecule has 1 N–H and O–H groups in total. The van der Waals surface area contributed by atoms with E-state index in [0.717, 1.165) is 6.07 Å². The van der Waals surface area contributed by atoms with E-state index in [1.165, 1.54) is 23.2 Å². The van der Waals surface area contributed by atoms with Crippen LogP contribution in [0.2, 0.25) is 0 Å². The molecule has 168 valence electrons. The number of sulfonamides is 1. The van der Waals surface area contributed by atoms with Crippen LogP contribution in [0.15, 0.2) is 53.7 Å². The average molecular weight is 464 g/mol. The summed E-state index contributed by atoms with van der Waals surface area (Å²) in [5.41, 5.74) is -1.94. The Kier molecular flexibility index (Phi) is 5.11. The molecule has 0 saturated heterocycles. The summed E-state index contributed by atoms with van der Waals surface area (Å²) >= 11 is 0. The molecule has 0 unspecified atom stereocenters. The van der Waals surface area contributed by atoms with Gasteiger partial charge in [0.05, 0.1) is 21.4 Å². The molecule has 0 radical (unpaired) electrons. The largest absolute Gasteiger partial charge is 0.417 e. The molecular weight excluding hydrogens is 445 g/mol. The molecular formula is C21H19F3N4O3S. The fourth-order valence-electron chi connectivity index (χ4n) is 3.65. The van der Waals surface area contributed by atoms with Gasteiger partial charge in [-0.15, -0.1) is 0 Å². The van der Waals surface area contributed by atoms with E-state index in [0.29, 0.717) is 17.1 Å². The number of aromatic nitrogens is 2. The van der Waals surface area contributed by atoms with Crippen LogP contribution in [0, 0.1) is 0 Å². The second-order valence-electron chi connectivity index (χ2n) is 7.83. The quantitative estimate of drug-likeness (QED) is 0.623. The van der Waals surface area contributed by atoms with Crippen LogP contribution in [0.4, 0.5) is 19.0 Å². The molecule has 4 rings (SSSR count). The highest BCUT2D eigenvalue weighted by atomic mass is 32.2. The van der Waals surface area contributed by atoms with Crippen molar-refractivity contribution in [3.05, 3.63) is 59.9 Å². The zero-order valence-electron chi connectivity index (χ0n) is 17.1. The number of alkyl halides is 3. The third-order valence-corrected chi connectivity index (χ3v) is 6.83. The van der Waals surface area contributed by atoms with Crippen molar-refractivity contribution in [2.24, 2.45) is 0 Å². The maximum atomic E-state index is 13.3. The van der Waals surface area contributed by atoms with Crippen LogP contribution in [-0.4, -0.2) is 38.4 Å². The molecule has 2 heterocycles. The number of hydrogen-bond donors (Lipinski definition) is 1. The Morgan fingerprint density at radius 1 is 1.12 bits per heavy atom. The van der Waals surface area contributed by atoms with Crippen LogP contribution in [0.1, 0.15) is 24.0 Å². The van der Waals surface area contributed by atoms with Gasteiger partial charge in [-0.1, -0.05) is 6.07 Å². The van der Waals surface area contributed by atoms with Crippen molar-refractivity contribution in [1.29, 1.82) is 0 Å². The maximum absolute atomic E-state index is 13.3. The molecule has 1 aliphatic rings. The molecule has 11 heteroatoms. The van der Waals surface area contributed by atoms with Crippen molar-refractivity contribution in [2.75, 3.05) is 19.0 Å². The van der Waals surface area contributed by atoms with Gasteiger partial charge in [0.2, 0.25) is 5.91 Å². The molecule has 1 amide bonds. The fourth-order valence-corrected chi connectivity index (χ4v) is 4.92. The second-order valence-corrected chi connectivity index (χ2v) is 9.48. The van der Waals surface area contributed by atoms with Gasteiger partial charge in [0.15, 0.2) is 0 Å². The average Bonchev–Trinajstić information content (AvgIpc) is 3.54. The van der Waals surface area contributed by atoms with Gasteiger partial charge in [-0.3, -0.25) is 9.78 Å². The lowest BCUT2D eigenvalue weighted by Gasteiger charge is -2.23. The molecule has 0 bridgehead atoms. The van der Waals surface area contributed by atoms with E-state index in [1.54, 1.807) is 32.3 Å². The number of nitrogens with zero attached hydrogens (tertiary/aromatic N) is 3. The molecule has 32 heavy (non-hydrogen) atoms. The van der Waals surface area contributed by atoms with E-state index < -0.39 is 33.1 Å². The van der Waals surface area contributed by atoms with Gasteiger partial charge in [0.1, 0.15) is 5.82 Å². The van der Waals surface area contributed by atoms with Gasteiger partial charge < -0.3 is 4.90 Å². The lowest BCUT2D eigenvalue weighted by atomic mass is 9.94. The van der Waals surface area contributed by atoms with Crippen LogP contribution >= 0.6 is 0 Å². The van der Waals surface area contributed by atoms with E-state index in [9.17, 15) is 26.4 Å². The Morgan fingerprint density at radius 2 is 1.84 bits per heavy atom. The third-order valence-electron chi connectivity index (χ3n) is 5.44. The third kappa shape index (κ3) is 3.77. The molecule has 1 aromatic carbocycles. The summed E-state index contributed by atoms with van der Waals surface area (Å²) in [5, 5.41) is 0.329. The SMILES string of the molecule is CN(C)c1ncc(C(F)(F)F)cc1C1(C(=O)NS(=O)(=O)c2cccc3ncccc23)CC1. The van der Waals surface area contributed by atoms with Crippen LogP contribution in [0.5, 0.6) is 0 Å². The smallest absolute Gasteiger partial charge is 0.362 e. The Labute approximate surface area is 182 Å². The maximum Gasteiger partial charge on any atom is 0.417 e. The lowest BCUT2D eigenvalue weighted by Crippen LogP contribution is -2.39. The van der Waals surface area contributed by atoms with E-state index in [1.807, 2.05) is 0 Å². The number of nitrogens with one attached hydrogen (secondary N) is 1. The number of carbonyl (C=O) groups is 1. The van der Waals surface area contributed by atoms with Gasteiger partial charge in [-0.2, -0.15) is 13.2 Å². The van der Waals surface area contributed by atoms with Gasteiger partial charge in [0.25, 0.3) is 10.0 Å². The number of hydrogen-bond acceptors (Lipinski definition) is 6. The van der Waals surface area contributed by atoms with E-state index >= 15 is 0 Å². The van der Waals surface area contributed by atoms with Crippen molar-refractivity contribution < 1.29 is 26.4 Å². The number of amides is 1. The minimum atomic E-state index is -4.65. The van der Waals surface area contributed by atoms with Gasteiger partial charge in [0, 0.05) is 37.4 Å². The first-order valence-electron chi connectivity index (χ1n) is 9.62. The first-order valence-corrected chi connectivity index (χ1v) is 11.1. The van der Waals surface area contributed by atoms with E-state index in [-0.39, 0.29) is 29.1 Å². The molecule has 1 aliphatic carbocycles. The van der Waals surface area contributed by atoms with Crippen LogP contribution in [-0.2, 0) is 26.4 Å². The van der Waals surface area contributed by atoms with Crippen molar-refractivity contribution in [1.82, 2.24) is 14.7 Å². The fraction of sp³-hybridized carbons (Fsp3) is 0.286. The Hall–Kier alpha value is -3.21. The van der Waals surface area contributed by atoms with Crippen molar-refractivity contribution in [3.8, 4) is 0 Å². The van der Waals surface area contributed by atoms with Crippen LogP contribution < -0.4 is 9.62 Å². The number of halogens is 3. The Balaban J connectivity index is 1.74. The normalized spacial score (nSPS) is 15.4. The highest BCUT2D eigenvalue weighted by molar-refractivity contribution is 7.90. The molecule has 0 aliphatic heterocycles. The minimum Gasteiger partial charge on any atom is -0.362 e. The van der Waals surface area contributed by atoms with E-state index in [4.69, 9.17) is 0 Å². The topological polar surface area (TPSA) is 92.3 Å². The summed E-state index contributed by atoms with van der Waals surface area (Å²) in [6, 6.07) is 8.50. The van der Waals surface area contributed by atoms with Crippen LogP contribution in [0.25, 0.3) is 10.9 Å². The summed E-state index contributed by atoms with van der Waals surface area (Å²) in [7, 11) is -1.12. The molecule has 2 aromatic heterocycles. The van der Waals surface area contributed by atoms with Gasteiger partial charge in [-0.25, -0.2) is 18.1 Å². The van der Waals surface area contributed by atoms with Crippen molar-refractivity contribution >= 4 is 32.7 Å². The first kappa shape index (κ1) is 22.0. The Bertz CT molecular complexity index is 1310. The zero-order chi connectivity index (χ0) is 23.3. The molecule has 1 fully saturated rings. The monoisotopic (exact) mass is 464 g/mol. The number of fused-ring (bicyclic) bond motifs is 1. The number of pyridine rings is 2. The number of anilines is 1. The number of rotatable bonds is 5. The number of benzene rings is 1. The van der Waals surface area contributed by atoms with Gasteiger partial charge in [-0.05, 0) is 43.2 Å². The summed E-state index contributed by atoms with van der Waals surface area (Å²) in [6.07, 6.45) is -2.03. The number of carbonyl (C=O) groups excluding carboxylic acids is 1. The standard InChI is InChI=1S/C21H19F3N4O3S/c1-28(2)18-15(11-13(12-26-18)21(22,23)24)20(8-9-20)19(29)27-32(30,31)17-7-3-6-16-14(17)5-4-10-25-16/h3-7,10-12H,8-9H2,1-2H3,(H,27,29). The molecule has 1 saturated carbocycles. The summed E-state index contributed by atoms with van der Waals surface area (Å²) in [5.74, 6) is -0.708. The lowest BCUT2D eigenvalue weighted by molar-refractivity contribution is -0.138. The van der Waals surface area contributed by atoms with Gasteiger partial charge >= 0.3 is 6.18 Å². The zero-order valence-corrected chi connectivity index (χ0v) is 18.0. The molecule has 3 aromatic rings. The molecule has 0 spiro atoms. The minimum absolute atomic E-state index is 0.0459. The second kappa shape index (κ2) is 7.44. The summed E-state index contributed by atoms with van der Waals surface area (Å²) in [6.45, 7) is 0. The predicted molar refractivity (Wildman–Crippen MR) is 112 cm³/mol. The van der Waals surface area contributed by atoms with E-state index in [2.05, 4.69) is 14.7 Å². The predicted octanol–water partition coefficient (Wildman–Crippen LogP) is 3.25. The Morgan fingerprint density at radius 3 is 2.47 bits per heavy atom. The summed E-state index contributed by atoms with van der Waals surface area (Å²) in [4.78, 5) is 22.5.